The van der Waals surface area contributed by atoms with Gasteiger partial charge in [-0.05, 0) is 25.0 Å². The molecule has 6 rings (SSSR count). The molecule has 0 atom stereocenters. The minimum absolute atomic E-state index is 0.0211. The predicted molar refractivity (Wildman–Crippen MR) is 150 cm³/mol. The third-order valence-corrected chi connectivity index (χ3v) is 7.08. The lowest BCUT2D eigenvalue weighted by atomic mass is 10.1. The number of hydrogen-bond donors (Lipinski definition) is 4. The first kappa shape index (κ1) is 31.8. The molecular weight excluding hydrogens is 633 g/mol. The highest BCUT2D eigenvalue weighted by Gasteiger charge is 2.29. The van der Waals surface area contributed by atoms with Gasteiger partial charge < -0.3 is 19.6 Å². The number of rotatable bonds is 9. The summed E-state index contributed by atoms with van der Waals surface area (Å²) in [5.74, 6) is 0.286. The summed E-state index contributed by atoms with van der Waals surface area (Å²) < 4.78 is 49.8. The summed E-state index contributed by atoms with van der Waals surface area (Å²) in [6, 6.07) is 10.2. The van der Waals surface area contributed by atoms with E-state index in [-0.39, 0.29) is 17.2 Å². The van der Waals surface area contributed by atoms with Crippen LogP contribution in [-0.2, 0) is 29.1 Å². The molecule has 1 aliphatic rings. The van der Waals surface area contributed by atoms with Gasteiger partial charge in [-0.3, -0.25) is 23.1 Å². The van der Waals surface area contributed by atoms with Gasteiger partial charge in [0.05, 0.1) is 29.2 Å². The van der Waals surface area contributed by atoms with Crippen molar-refractivity contribution in [1.29, 1.82) is 0 Å². The number of benzene rings is 1. The molecule has 1 saturated carbocycles. The molecule has 1 aliphatic carbocycles. The van der Waals surface area contributed by atoms with Crippen LogP contribution in [0.1, 0.15) is 24.5 Å². The van der Waals surface area contributed by atoms with Crippen LogP contribution in [0.25, 0.3) is 27.8 Å². The van der Waals surface area contributed by atoms with E-state index in [1.807, 2.05) is 0 Å². The van der Waals surface area contributed by atoms with Gasteiger partial charge in [0.25, 0.3) is 5.56 Å². The molecule has 1 fully saturated rings. The zero-order valence-electron chi connectivity index (χ0n) is 22.4. The maximum Gasteiger partial charge on any atom is 0.408 e. The zero-order chi connectivity index (χ0) is 31.6. The summed E-state index contributed by atoms with van der Waals surface area (Å²) in [5, 5.41) is 8.65. The quantitative estimate of drug-likeness (QED) is 0.170. The second kappa shape index (κ2) is 13.2. The van der Waals surface area contributed by atoms with E-state index in [0.29, 0.717) is 15.7 Å². The van der Waals surface area contributed by atoms with Gasteiger partial charge in [0, 0.05) is 29.3 Å². The smallest absolute Gasteiger partial charge is 0.328 e. The van der Waals surface area contributed by atoms with E-state index in [0.717, 1.165) is 33.2 Å². The van der Waals surface area contributed by atoms with Crippen LogP contribution in [0, 0.1) is 0 Å². The van der Waals surface area contributed by atoms with Crippen molar-refractivity contribution in [2.75, 3.05) is 0 Å². The molecule has 5 aromatic rings. The summed E-state index contributed by atoms with van der Waals surface area (Å²) in [7, 11) is -5.55. The fourth-order valence-corrected chi connectivity index (χ4v) is 4.77. The number of nitrogens with zero attached hydrogens (tertiary/aromatic N) is 7. The number of alkyl halides is 3. The van der Waals surface area contributed by atoms with Gasteiger partial charge in [0.15, 0.2) is 5.65 Å². The van der Waals surface area contributed by atoms with Crippen molar-refractivity contribution in [3.8, 4) is 11.3 Å². The Morgan fingerprint density at radius 3 is 2.36 bits per heavy atom. The summed E-state index contributed by atoms with van der Waals surface area (Å²) in [5.41, 5.74) is 0.543. The van der Waals surface area contributed by atoms with Gasteiger partial charge >= 0.3 is 29.1 Å². The Morgan fingerprint density at radius 1 is 0.977 bits per heavy atom. The Bertz CT molecular complexity index is 1890. The van der Waals surface area contributed by atoms with E-state index in [1.54, 1.807) is 47.1 Å². The molecule has 0 aliphatic heterocycles. The molecule has 234 valence electrons. The number of fused-ring (bicyclic) bond motifs is 2. The van der Waals surface area contributed by atoms with Crippen LogP contribution in [0.3, 0.4) is 0 Å². The summed E-state index contributed by atoms with van der Waals surface area (Å²) in [4.78, 5) is 66.0. The summed E-state index contributed by atoms with van der Waals surface area (Å²) in [6.07, 6.45) is 1.96. The van der Waals surface area contributed by atoms with Crippen LogP contribution in [0.4, 0.5) is 13.2 Å². The molecule has 1 aromatic carbocycles. The van der Waals surface area contributed by atoms with Crippen LogP contribution < -0.4 is 11.2 Å². The second-order valence-electron chi connectivity index (χ2n) is 9.47. The fourth-order valence-electron chi connectivity index (χ4n) is 4.33. The lowest BCUT2D eigenvalue weighted by molar-refractivity contribution is -0.141. The van der Waals surface area contributed by atoms with Crippen molar-refractivity contribution in [3.05, 3.63) is 81.5 Å². The molecule has 0 spiro atoms. The standard InChI is InChI=1S/C15H17N5O8P2.C9H7F3N2/c21-14-10(11-5-12(9-1-2-9)20-13(17-11)3-4-16-20)6-18(7-27-29(23)24)15(22)19(14)8-28-30(25)26;10-9(11,12)6-14-8-4-2-1-3-7(8)5-13-14/h3-6,9,23-26H,1-2,7-8H2;1-5H,6H2. The van der Waals surface area contributed by atoms with Gasteiger partial charge in [-0.1, -0.05) is 18.2 Å². The Kier molecular flexibility index (Phi) is 9.53. The van der Waals surface area contributed by atoms with E-state index in [4.69, 9.17) is 24.1 Å². The summed E-state index contributed by atoms with van der Waals surface area (Å²) >= 11 is 0. The largest absolute Gasteiger partial charge is 0.408 e. The molecule has 20 heteroatoms. The Morgan fingerprint density at radius 2 is 1.68 bits per heavy atom. The topological polar surface area (TPSA) is 191 Å². The van der Waals surface area contributed by atoms with Gasteiger partial charge in [0.1, 0.15) is 20.0 Å². The monoisotopic (exact) mass is 657 g/mol. The van der Waals surface area contributed by atoms with E-state index >= 15 is 0 Å². The minimum Gasteiger partial charge on any atom is -0.328 e. The highest BCUT2D eigenvalue weighted by Crippen LogP contribution is 2.40. The fraction of sp³-hybridized carbons (Fsp3) is 0.292. The number of para-hydroxylation sites is 1. The molecule has 44 heavy (non-hydrogen) atoms. The van der Waals surface area contributed by atoms with Crippen molar-refractivity contribution < 1.29 is 41.8 Å². The molecular formula is C24H24F3N7O8P2. The van der Waals surface area contributed by atoms with Gasteiger partial charge in [-0.2, -0.15) is 23.4 Å². The maximum atomic E-state index is 13.0. The van der Waals surface area contributed by atoms with E-state index in [2.05, 4.69) is 19.7 Å². The first-order valence-electron chi connectivity index (χ1n) is 12.7. The molecule has 0 saturated heterocycles. The molecule has 0 unspecified atom stereocenters. The van der Waals surface area contributed by atoms with Crippen LogP contribution in [0.2, 0.25) is 0 Å². The SMILES string of the molecule is FC(F)(F)Cn1ncc2ccccc21.O=c1c(-c2cc(C3CC3)n3nccc3n2)cn(COP(O)O)c(=O)n1COP(O)O. The van der Waals surface area contributed by atoms with Gasteiger partial charge in [-0.15, -0.1) is 0 Å². The van der Waals surface area contributed by atoms with Crippen molar-refractivity contribution in [3.63, 3.8) is 0 Å². The van der Waals surface area contributed by atoms with Crippen molar-refractivity contribution in [1.82, 2.24) is 33.5 Å². The predicted octanol–water partition coefficient (Wildman–Crippen LogP) is 2.57. The lowest BCUT2D eigenvalue weighted by Gasteiger charge is -2.14. The van der Waals surface area contributed by atoms with Crippen LogP contribution in [-0.4, -0.2) is 59.3 Å². The van der Waals surface area contributed by atoms with Gasteiger partial charge in [-0.25, -0.2) is 18.9 Å². The van der Waals surface area contributed by atoms with E-state index in [9.17, 15) is 22.8 Å². The molecule has 4 N–H and O–H groups in total. The molecule has 0 radical (unpaired) electrons. The van der Waals surface area contributed by atoms with Crippen LogP contribution >= 0.6 is 17.2 Å². The third kappa shape index (κ3) is 7.54. The zero-order valence-corrected chi connectivity index (χ0v) is 24.2. The highest BCUT2D eigenvalue weighted by atomic mass is 31.2. The highest BCUT2D eigenvalue weighted by molar-refractivity contribution is 7.39. The minimum atomic E-state index is -4.23. The van der Waals surface area contributed by atoms with Crippen molar-refractivity contribution >= 4 is 33.8 Å². The molecule has 4 heterocycles. The van der Waals surface area contributed by atoms with Crippen LogP contribution in [0.5, 0.6) is 0 Å². The van der Waals surface area contributed by atoms with Crippen molar-refractivity contribution in [2.24, 2.45) is 0 Å². The molecule has 4 aromatic heterocycles. The second-order valence-corrected chi connectivity index (χ2v) is 11.0. The Labute approximate surface area is 247 Å². The normalized spacial score (nSPS) is 13.7. The molecule has 0 bridgehead atoms. The van der Waals surface area contributed by atoms with Gasteiger partial charge in [0.2, 0.25) is 0 Å². The van der Waals surface area contributed by atoms with Crippen molar-refractivity contribution in [2.45, 2.75) is 44.9 Å². The molecule has 15 nitrogen and oxygen atoms in total. The average molecular weight is 657 g/mol. The maximum absolute atomic E-state index is 13.0. The first-order chi connectivity index (χ1) is 20.9. The van der Waals surface area contributed by atoms with E-state index < -0.39 is 54.6 Å². The lowest BCUT2D eigenvalue weighted by Crippen LogP contribution is -2.41. The first-order valence-corrected chi connectivity index (χ1v) is 15.0. The number of halogens is 3. The summed E-state index contributed by atoms with van der Waals surface area (Å²) in [6.45, 7) is -2.32. The van der Waals surface area contributed by atoms with Crippen LogP contribution in [0.15, 0.2) is 64.6 Å². The molecule has 0 amide bonds. The Balaban J connectivity index is 0.000000229. The Hall–Kier alpha value is -3.60. The third-order valence-electron chi connectivity index (χ3n) is 6.39. The average Bonchev–Trinajstić information content (AvgIpc) is 3.57. The number of aromatic nitrogens is 7. The number of hydrogen-bond acceptors (Lipinski definition) is 11. The van der Waals surface area contributed by atoms with E-state index in [1.165, 1.54) is 12.4 Å².